The van der Waals surface area contributed by atoms with Gasteiger partial charge in [0.2, 0.25) is 0 Å². The molecule has 8 heteroatoms. The molecule has 1 aliphatic rings. The molecule has 0 aromatic rings. The number of ether oxygens (including phenoxy) is 1. The van der Waals surface area contributed by atoms with E-state index in [0.29, 0.717) is 0 Å². The van der Waals surface area contributed by atoms with E-state index in [2.05, 4.69) is 121 Å². The molecule has 1 rings (SSSR count). The predicted molar refractivity (Wildman–Crippen MR) is 197 cm³/mol. The summed E-state index contributed by atoms with van der Waals surface area (Å²) in [6, 6.07) is 0. The lowest BCUT2D eigenvalue weighted by Gasteiger charge is -2.46. The minimum absolute atomic E-state index is 0.00810. The summed E-state index contributed by atoms with van der Waals surface area (Å²) in [6.07, 6.45) is 14.9. The average Bonchev–Trinajstić information content (AvgIpc) is 2.82. The number of unbranched alkanes of at least 4 members (excludes halogenated alkanes) is 2. The maximum atomic E-state index is 13.3. The van der Waals surface area contributed by atoms with Crippen molar-refractivity contribution in [1.29, 1.82) is 0 Å². The number of hydrogen-bond donors (Lipinski definition) is 0. The van der Waals surface area contributed by atoms with E-state index in [1.807, 2.05) is 6.08 Å². The van der Waals surface area contributed by atoms with Crippen molar-refractivity contribution < 1.29 is 22.8 Å². The molecule has 0 spiro atoms. The Morgan fingerprint density at radius 1 is 0.773 bits per heavy atom. The van der Waals surface area contributed by atoms with Gasteiger partial charge in [0.15, 0.2) is 25.0 Å². The van der Waals surface area contributed by atoms with Gasteiger partial charge in [0.25, 0.3) is 0 Å². The fourth-order valence-electron chi connectivity index (χ4n) is 4.51. The largest absolute Gasteiger partial charge is 0.459 e. The van der Waals surface area contributed by atoms with Crippen LogP contribution in [0, 0.1) is 0 Å². The summed E-state index contributed by atoms with van der Waals surface area (Å²) in [5.74, 6) is -0.291. The minimum Gasteiger partial charge on any atom is -0.459 e. The molecular formula is C36H72O5Si3. The molecule has 0 bridgehead atoms. The first-order chi connectivity index (χ1) is 19.8. The first-order valence-electron chi connectivity index (χ1n) is 17.4. The van der Waals surface area contributed by atoms with E-state index >= 15 is 0 Å². The van der Waals surface area contributed by atoms with Crippen molar-refractivity contribution in [3.05, 3.63) is 24.3 Å². The zero-order valence-electron chi connectivity index (χ0n) is 31.8. The Morgan fingerprint density at radius 3 is 1.82 bits per heavy atom. The molecule has 5 nitrogen and oxygen atoms in total. The number of carbonyl (C=O) groups excluding carboxylic acids is 1. The topological polar surface area (TPSA) is 54.0 Å². The average molecular weight is 669 g/mol. The van der Waals surface area contributed by atoms with Crippen LogP contribution in [0.1, 0.15) is 121 Å². The standard InChI is InChI=1S/C36H72O5Si3/c1-17-18-20-23-29-24-21-19-22-25-30(39-42(11,12)34(2,3)4)28-32(41-44(15,16)36(8,9)10)31(26-27-33(37)38-29)40-43(13,14)35(5,6)7/h19,21,26-27,29-32H,17-18,20,22-25,28H2,1-16H3/b21-19-,27-26+/t29?,30-,31-,32+/m1/s1. The third kappa shape index (κ3) is 13.3. The van der Waals surface area contributed by atoms with Crippen molar-refractivity contribution in [3.8, 4) is 0 Å². The normalized spacial score (nSPS) is 25.7. The Morgan fingerprint density at radius 2 is 1.30 bits per heavy atom. The van der Waals surface area contributed by atoms with Crippen molar-refractivity contribution >= 4 is 30.9 Å². The van der Waals surface area contributed by atoms with Gasteiger partial charge in [-0.1, -0.05) is 94.2 Å². The highest BCUT2D eigenvalue weighted by Crippen LogP contribution is 2.43. The van der Waals surface area contributed by atoms with Gasteiger partial charge in [0.05, 0.1) is 12.2 Å². The third-order valence-electron chi connectivity index (χ3n) is 10.7. The van der Waals surface area contributed by atoms with Gasteiger partial charge in [-0.3, -0.25) is 0 Å². The molecule has 0 radical (unpaired) electrons. The number of hydrogen-bond acceptors (Lipinski definition) is 5. The molecule has 1 heterocycles. The van der Waals surface area contributed by atoms with Crippen LogP contribution in [0.25, 0.3) is 0 Å². The van der Waals surface area contributed by atoms with Gasteiger partial charge in [-0.15, -0.1) is 0 Å². The minimum atomic E-state index is -2.23. The number of carbonyl (C=O) groups is 1. The van der Waals surface area contributed by atoms with Crippen LogP contribution < -0.4 is 0 Å². The smallest absolute Gasteiger partial charge is 0.330 e. The Labute approximate surface area is 276 Å². The summed E-state index contributed by atoms with van der Waals surface area (Å²) in [6.45, 7) is 36.7. The van der Waals surface area contributed by atoms with Crippen molar-refractivity contribution in [2.24, 2.45) is 0 Å². The lowest BCUT2D eigenvalue weighted by molar-refractivity contribution is -0.143. The fraction of sp³-hybridized carbons (Fsp3) is 0.861. The highest BCUT2D eigenvalue weighted by Gasteiger charge is 2.46. The molecule has 0 aliphatic carbocycles. The SMILES string of the molecule is CCCCCC1C/C=C\CC[C@@H](O[Si](C)(C)C(C)(C)C)C[C@H](O[Si](C)(C)C(C)(C)C)[C@H](O[Si](C)(C)C(C)(C)C)/C=C/C(=O)O1. The van der Waals surface area contributed by atoms with Crippen LogP contribution in [0.2, 0.25) is 54.4 Å². The van der Waals surface area contributed by atoms with E-state index in [4.69, 9.17) is 18.0 Å². The van der Waals surface area contributed by atoms with Crippen molar-refractivity contribution in [2.75, 3.05) is 0 Å². The van der Waals surface area contributed by atoms with Gasteiger partial charge in [-0.2, -0.15) is 0 Å². The highest BCUT2D eigenvalue weighted by atomic mass is 28.4. The summed E-state index contributed by atoms with van der Waals surface area (Å²) in [4.78, 5) is 13.3. The maximum absolute atomic E-state index is 13.3. The second-order valence-corrected chi connectivity index (χ2v) is 32.0. The van der Waals surface area contributed by atoms with Crippen LogP contribution in [0.15, 0.2) is 24.3 Å². The van der Waals surface area contributed by atoms with E-state index in [1.165, 1.54) is 0 Å². The molecule has 258 valence electrons. The zero-order valence-corrected chi connectivity index (χ0v) is 34.8. The maximum Gasteiger partial charge on any atom is 0.330 e. The van der Waals surface area contributed by atoms with Crippen LogP contribution in [-0.4, -0.2) is 55.3 Å². The van der Waals surface area contributed by atoms with Gasteiger partial charge in [0, 0.05) is 25.0 Å². The van der Waals surface area contributed by atoms with Gasteiger partial charge in [-0.05, 0) is 86.2 Å². The van der Waals surface area contributed by atoms with Crippen molar-refractivity contribution in [3.63, 3.8) is 0 Å². The molecular weight excluding hydrogens is 597 g/mol. The molecule has 0 aromatic carbocycles. The number of esters is 1. The second kappa shape index (κ2) is 16.5. The molecule has 44 heavy (non-hydrogen) atoms. The number of allylic oxidation sites excluding steroid dienone is 1. The number of rotatable bonds is 10. The molecule has 0 N–H and O–H groups in total. The Bertz CT molecular complexity index is 935. The van der Waals surface area contributed by atoms with Crippen LogP contribution >= 0.6 is 0 Å². The molecule has 0 fully saturated rings. The lowest BCUT2D eigenvalue weighted by atomic mass is 10.0. The first-order valence-corrected chi connectivity index (χ1v) is 26.1. The van der Waals surface area contributed by atoms with Crippen LogP contribution in [-0.2, 0) is 22.8 Å². The molecule has 1 aliphatic heterocycles. The van der Waals surface area contributed by atoms with Crippen LogP contribution in [0.4, 0.5) is 0 Å². The Hall–Kier alpha value is -0.519. The lowest BCUT2D eigenvalue weighted by Crippen LogP contribution is -2.53. The zero-order chi connectivity index (χ0) is 34.2. The van der Waals surface area contributed by atoms with Gasteiger partial charge >= 0.3 is 5.97 Å². The summed E-state index contributed by atoms with van der Waals surface area (Å²) >= 11 is 0. The molecule has 1 unspecified atom stereocenters. The second-order valence-electron chi connectivity index (χ2n) is 17.7. The first kappa shape index (κ1) is 41.5. The third-order valence-corrected chi connectivity index (χ3v) is 24.2. The van der Waals surface area contributed by atoms with E-state index < -0.39 is 25.0 Å². The van der Waals surface area contributed by atoms with Gasteiger partial charge in [0.1, 0.15) is 6.10 Å². The fourth-order valence-corrected chi connectivity index (χ4v) is 8.52. The predicted octanol–water partition coefficient (Wildman–Crippen LogP) is 11.3. The van der Waals surface area contributed by atoms with E-state index in [9.17, 15) is 4.79 Å². The van der Waals surface area contributed by atoms with E-state index in [-0.39, 0.29) is 45.5 Å². The van der Waals surface area contributed by atoms with Crippen LogP contribution in [0.5, 0.6) is 0 Å². The van der Waals surface area contributed by atoms with Gasteiger partial charge in [-0.25, -0.2) is 4.79 Å². The number of cyclic esters (lactones) is 1. The highest BCUT2D eigenvalue weighted by molar-refractivity contribution is 6.75. The van der Waals surface area contributed by atoms with Gasteiger partial charge < -0.3 is 18.0 Å². The molecule has 0 aromatic heterocycles. The van der Waals surface area contributed by atoms with Crippen molar-refractivity contribution in [1.82, 2.24) is 0 Å². The van der Waals surface area contributed by atoms with E-state index in [0.717, 1.165) is 51.4 Å². The summed E-state index contributed by atoms with van der Waals surface area (Å²) in [7, 11) is -6.50. The summed E-state index contributed by atoms with van der Waals surface area (Å²) < 4.78 is 27.6. The van der Waals surface area contributed by atoms with Crippen molar-refractivity contribution in [2.45, 2.75) is 199 Å². The molecule has 0 amide bonds. The summed E-state index contributed by atoms with van der Waals surface area (Å²) in [5, 5.41) is 0.138. The molecule has 0 saturated carbocycles. The Kier molecular flexibility index (Phi) is 15.6. The Balaban J connectivity index is 3.73. The van der Waals surface area contributed by atoms with E-state index in [1.54, 1.807) is 6.08 Å². The van der Waals surface area contributed by atoms with Crippen LogP contribution in [0.3, 0.4) is 0 Å². The quantitative estimate of drug-likeness (QED) is 0.100. The molecule has 4 atom stereocenters. The summed E-state index contributed by atoms with van der Waals surface area (Å²) in [5.41, 5.74) is 0. The monoisotopic (exact) mass is 668 g/mol. The molecule has 0 saturated heterocycles.